The first-order valence-corrected chi connectivity index (χ1v) is 12.9. The molecule has 0 spiro atoms. The number of halogens is 2. The van der Waals surface area contributed by atoms with Crippen molar-refractivity contribution in [2.75, 3.05) is 19.6 Å². The molecule has 1 aliphatic carbocycles. The number of piperidine rings is 1. The van der Waals surface area contributed by atoms with Gasteiger partial charge in [0.2, 0.25) is 11.8 Å². The van der Waals surface area contributed by atoms with Gasteiger partial charge in [-0.05, 0) is 68.5 Å². The van der Waals surface area contributed by atoms with Crippen LogP contribution in [0.3, 0.4) is 0 Å². The maximum Gasteiger partial charge on any atom is 0.229 e. The quantitative estimate of drug-likeness (QED) is 0.445. The largest absolute Gasteiger partial charge is 0.349 e. The molecule has 0 unspecified atom stereocenters. The lowest BCUT2D eigenvalue weighted by Gasteiger charge is -2.32. The van der Waals surface area contributed by atoms with E-state index in [1.165, 1.54) is 12.1 Å². The Morgan fingerprint density at radius 3 is 2.44 bits per heavy atom. The van der Waals surface area contributed by atoms with E-state index >= 15 is 0 Å². The molecule has 1 aromatic heterocycles. The standard InChI is InChI=1S/C28H32F2N4O2/c29-23-15-19(16-24(30)18-23)17-26-32-28(36-33-26)22-9-12-34(13-10-22)14-11-25(20-5-2-1-3-6-20)31-27(35)21-7-4-8-21/h1-3,5-6,15-16,18,21-22,25H,4,7-14,17H2,(H,31,35)/t25-/m0/s1. The molecule has 0 radical (unpaired) electrons. The van der Waals surface area contributed by atoms with Crippen molar-refractivity contribution in [2.45, 2.75) is 56.9 Å². The van der Waals surface area contributed by atoms with Crippen LogP contribution in [0.15, 0.2) is 53.1 Å². The van der Waals surface area contributed by atoms with Crippen molar-refractivity contribution < 1.29 is 18.1 Å². The Morgan fingerprint density at radius 2 is 1.78 bits per heavy atom. The Kier molecular flexibility index (Phi) is 7.70. The SMILES string of the molecule is O=C(N[C@@H](CCN1CCC(c2nc(Cc3cc(F)cc(F)c3)no2)CC1)c1ccccc1)C1CCC1. The molecule has 1 amide bonds. The number of amides is 1. The van der Waals surface area contributed by atoms with Crippen molar-refractivity contribution in [1.29, 1.82) is 0 Å². The molecular formula is C28H32F2N4O2. The monoisotopic (exact) mass is 494 g/mol. The van der Waals surface area contributed by atoms with Crippen LogP contribution in [0.2, 0.25) is 0 Å². The van der Waals surface area contributed by atoms with Crippen LogP contribution >= 0.6 is 0 Å². The fraction of sp³-hybridized carbons (Fsp3) is 0.464. The molecule has 1 saturated heterocycles. The third kappa shape index (κ3) is 6.16. The Labute approximate surface area is 210 Å². The first-order chi connectivity index (χ1) is 17.5. The third-order valence-electron chi connectivity index (χ3n) is 7.43. The van der Waals surface area contributed by atoms with E-state index in [9.17, 15) is 13.6 Å². The lowest BCUT2D eigenvalue weighted by atomic mass is 9.84. The highest BCUT2D eigenvalue weighted by molar-refractivity contribution is 5.79. The highest BCUT2D eigenvalue weighted by Crippen LogP contribution is 2.30. The van der Waals surface area contributed by atoms with Crippen molar-refractivity contribution in [3.05, 3.63) is 83.0 Å². The van der Waals surface area contributed by atoms with E-state index in [2.05, 4.69) is 32.5 Å². The number of hydrogen-bond acceptors (Lipinski definition) is 5. The molecule has 1 saturated carbocycles. The average molecular weight is 495 g/mol. The second-order valence-electron chi connectivity index (χ2n) is 10.0. The molecule has 2 heterocycles. The van der Waals surface area contributed by atoms with Crippen LogP contribution in [-0.2, 0) is 11.2 Å². The van der Waals surface area contributed by atoms with Gasteiger partial charge in [-0.15, -0.1) is 0 Å². The Hall–Kier alpha value is -3.13. The van der Waals surface area contributed by atoms with Crippen molar-refractivity contribution in [2.24, 2.45) is 5.92 Å². The Morgan fingerprint density at radius 1 is 1.06 bits per heavy atom. The summed E-state index contributed by atoms with van der Waals surface area (Å²) in [5, 5.41) is 7.32. The number of carbonyl (C=O) groups is 1. The zero-order valence-corrected chi connectivity index (χ0v) is 20.3. The van der Waals surface area contributed by atoms with Gasteiger partial charge in [-0.25, -0.2) is 8.78 Å². The normalized spacial score (nSPS) is 18.1. The zero-order chi connectivity index (χ0) is 24.9. The molecule has 1 atom stereocenters. The van der Waals surface area contributed by atoms with Crippen LogP contribution in [-0.4, -0.2) is 40.6 Å². The number of aromatic nitrogens is 2. The molecule has 6 nitrogen and oxygen atoms in total. The lowest BCUT2D eigenvalue weighted by molar-refractivity contribution is -0.128. The number of rotatable bonds is 9. The summed E-state index contributed by atoms with van der Waals surface area (Å²) in [6, 6.07) is 13.7. The molecular weight excluding hydrogens is 462 g/mol. The van der Waals surface area contributed by atoms with Gasteiger partial charge in [-0.2, -0.15) is 4.98 Å². The van der Waals surface area contributed by atoms with Gasteiger partial charge in [0.25, 0.3) is 0 Å². The molecule has 2 aromatic carbocycles. The average Bonchev–Trinajstić information content (AvgIpc) is 3.29. The fourth-order valence-electron chi connectivity index (χ4n) is 5.08. The summed E-state index contributed by atoms with van der Waals surface area (Å²) in [7, 11) is 0. The van der Waals surface area contributed by atoms with Crippen LogP contribution in [0.25, 0.3) is 0 Å². The van der Waals surface area contributed by atoms with E-state index < -0.39 is 11.6 Å². The van der Waals surface area contributed by atoms with Crippen LogP contribution < -0.4 is 5.32 Å². The van der Waals surface area contributed by atoms with Gasteiger partial charge in [0, 0.05) is 30.9 Å². The van der Waals surface area contributed by atoms with E-state index in [4.69, 9.17) is 4.52 Å². The molecule has 2 fully saturated rings. The summed E-state index contributed by atoms with van der Waals surface area (Å²) < 4.78 is 32.4. The van der Waals surface area contributed by atoms with Crippen LogP contribution in [0.1, 0.15) is 73.3 Å². The molecule has 190 valence electrons. The smallest absolute Gasteiger partial charge is 0.229 e. The zero-order valence-electron chi connectivity index (χ0n) is 20.3. The summed E-state index contributed by atoms with van der Waals surface area (Å²) >= 11 is 0. The van der Waals surface area contributed by atoms with Crippen LogP contribution in [0.5, 0.6) is 0 Å². The van der Waals surface area contributed by atoms with Crippen molar-refractivity contribution in [3.63, 3.8) is 0 Å². The summed E-state index contributed by atoms with van der Waals surface area (Å²) in [6.45, 7) is 2.72. The molecule has 1 aliphatic heterocycles. The van der Waals surface area contributed by atoms with E-state index in [-0.39, 0.29) is 30.2 Å². The summed E-state index contributed by atoms with van der Waals surface area (Å²) in [5.74, 6) is 0.335. The molecule has 5 rings (SSSR count). The summed E-state index contributed by atoms with van der Waals surface area (Å²) in [6.07, 6.45) is 6.04. The predicted molar refractivity (Wildman–Crippen MR) is 131 cm³/mol. The van der Waals surface area contributed by atoms with Crippen molar-refractivity contribution in [1.82, 2.24) is 20.4 Å². The molecule has 0 bridgehead atoms. The number of hydrogen-bond donors (Lipinski definition) is 1. The third-order valence-corrected chi connectivity index (χ3v) is 7.43. The van der Waals surface area contributed by atoms with Gasteiger partial charge in [-0.3, -0.25) is 4.79 Å². The van der Waals surface area contributed by atoms with E-state index in [0.29, 0.717) is 17.3 Å². The second kappa shape index (κ2) is 11.3. The number of benzene rings is 2. The number of likely N-dealkylation sites (tertiary alicyclic amines) is 1. The highest BCUT2D eigenvalue weighted by atomic mass is 19.1. The minimum absolute atomic E-state index is 0.0168. The molecule has 3 aromatic rings. The van der Waals surface area contributed by atoms with E-state index in [0.717, 1.165) is 69.8 Å². The number of nitrogens with zero attached hydrogens (tertiary/aromatic N) is 3. The topological polar surface area (TPSA) is 71.3 Å². The summed E-state index contributed by atoms with van der Waals surface area (Å²) in [5.41, 5.74) is 1.63. The van der Waals surface area contributed by atoms with Gasteiger partial charge in [0.15, 0.2) is 5.82 Å². The molecule has 8 heteroatoms. The molecule has 36 heavy (non-hydrogen) atoms. The Balaban J connectivity index is 1.13. The fourth-order valence-corrected chi connectivity index (χ4v) is 5.08. The first-order valence-electron chi connectivity index (χ1n) is 12.9. The summed E-state index contributed by atoms with van der Waals surface area (Å²) in [4.78, 5) is 19.6. The van der Waals surface area contributed by atoms with Crippen LogP contribution in [0.4, 0.5) is 8.78 Å². The molecule has 2 aliphatic rings. The second-order valence-corrected chi connectivity index (χ2v) is 10.0. The maximum atomic E-state index is 13.5. The highest BCUT2D eigenvalue weighted by Gasteiger charge is 2.29. The van der Waals surface area contributed by atoms with Gasteiger partial charge in [-0.1, -0.05) is 41.9 Å². The van der Waals surface area contributed by atoms with E-state index in [1.54, 1.807) is 0 Å². The van der Waals surface area contributed by atoms with Crippen molar-refractivity contribution >= 4 is 5.91 Å². The van der Waals surface area contributed by atoms with Gasteiger partial charge >= 0.3 is 0 Å². The minimum atomic E-state index is -0.613. The van der Waals surface area contributed by atoms with Crippen LogP contribution in [0, 0.1) is 17.6 Å². The predicted octanol–water partition coefficient (Wildman–Crippen LogP) is 5.17. The van der Waals surface area contributed by atoms with Gasteiger partial charge in [0.1, 0.15) is 11.6 Å². The van der Waals surface area contributed by atoms with Gasteiger partial charge < -0.3 is 14.7 Å². The number of carbonyl (C=O) groups excluding carboxylic acids is 1. The maximum absolute atomic E-state index is 13.5. The Bertz CT molecular complexity index is 1140. The minimum Gasteiger partial charge on any atom is -0.349 e. The van der Waals surface area contributed by atoms with Crippen molar-refractivity contribution in [3.8, 4) is 0 Å². The lowest BCUT2D eigenvalue weighted by Crippen LogP contribution is -2.39. The van der Waals surface area contributed by atoms with E-state index in [1.807, 2.05) is 18.2 Å². The first kappa shape index (κ1) is 24.6. The molecule has 1 N–H and O–H groups in total. The van der Waals surface area contributed by atoms with Gasteiger partial charge in [0.05, 0.1) is 6.04 Å². The number of nitrogens with one attached hydrogen (secondary N) is 1.